The summed E-state index contributed by atoms with van der Waals surface area (Å²) in [7, 11) is 0. The largest absolute Gasteiger partial charge is 0.416 e. The minimum atomic E-state index is -4.46. The fourth-order valence-electron chi connectivity index (χ4n) is 2.79. The zero-order valence-electron chi connectivity index (χ0n) is 14.0. The number of nitrogens with one attached hydrogen (secondary N) is 2. The third-order valence-electron chi connectivity index (χ3n) is 4.01. The molecule has 0 saturated carbocycles. The number of benzene rings is 1. The molecule has 0 radical (unpaired) electrons. The van der Waals surface area contributed by atoms with E-state index in [-0.39, 0.29) is 5.69 Å². The summed E-state index contributed by atoms with van der Waals surface area (Å²) in [6.45, 7) is 3.97. The Morgan fingerprint density at radius 3 is 2.85 bits per heavy atom. The van der Waals surface area contributed by atoms with Crippen LogP contribution in [0.1, 0.15) is 25.3 Å². The van der Waals surface area contributed by atoms with E-state index in [1.165, 1.54) is 29.9 Å². The molecular weight excluding hydrogens is 367 g/mol. The molecule has 26 heavy (non-hydrogen) atoms. The van der Waals surface area contributed by atoms with Crippen molar-refractivity contribution in [2.75, 3.05) is 28.6 Å². The Labute approximate surface area is 152 Å². The van der Waals surface area contributed by atoms with Crippen molar-refractivity contribution in [2.45, 2.75) is 25.9 Å². The second kappa shape index (κ2) is 7.48. The predicted octanol–water partition coefficient (Wildman–Crippen LogP) is 4.44. The van der Waals surface area contributed by atoms with Gasteiger partial charge < -0.3 is 10.2 Å². The molecule has 1 fully saturated rings. The second-order valence-corrected chi connectivity index (χ2v) is 7.20. The number of alkyl halides is 3. The van der Waals surface area contributed by atoms with E-state index in [2.05, 4.69) is 32.7 Å². The van der Waals surface area contributed by atoms with Crippen LogP contribution >= 0.6 is 11.3 Å². The number of hydrogen-bond donors (Lipinski definition) is 2. The van der Waals surface area contributed by atoms with Crippen molar-refractivity contribution in [3.8, 4) is 0 Å². The fourth-order valence-corrected chi connectivity index (χ4v) is 3.56. The lowest BCUT2D eigenvalue weighted by atomic mass is 10.0. The summed E-state index contributed by atoms with van der Waals surface area (Å²) in [5.74, 6) is 0.577. The number of anilines is 3. The highest BCUT2D eigenvalue weighted by Gasteiger charge is 2.30. The molecule has 0 spiro atoms. The third-order valence-corrected chi connectivity index (χ3v) is 4.91. The van der Waals surface area contributed by atoms with Gasteiger partial charge in [0, 0.05) is 18.8 Å². The molecule has 1 aromatic carbocycles. The SMILES string of the molecule is CC1CCCN(c2nnc(NC(=O)Nc3cccc(C(F)(F)F)c3)s2)C1. The molecule has 10 heteroatoms. The average molecular weight is 385 g/mol. The lowest BCUT2D eigenvalue weighted by Crippen LogP contribution is -2.34. The Bertz CT molecular complexity index is 779. The molecule has 1 aliphatic heterocycles. The Kier molecular flexibility index (Phi) is 5.30. The maximum absolute atomic E-state index is 12.7. The zero-order valence-corrected chi connectivity index (χ0v) is 14.8. The first-order valence-corrected chi connectivity index (χ1v) is 8.96. The minimum absolute atomic E-state index is 0.0481. The predicted molar refractivity (Wildman–Crippen MR) is 94.6 cm³/mol. The van der Waals surface area contributed by atoms with Crippen molar-refractivity contribution in [3.63, 3.8) is 0 Å². The van der Waals surface area contributed by atoms with Crippen LogP contribution in [0.5, 0.6) is 0 Å². The van der Waals surface area contributed by atoms with Gasteiger partial charge in [-0.05, 0) is 37.0 Å². The summed E-state index contributed by atoms with van der Waals surface area (Å²) in [5.41, 5.74) is -0.778. The fraction of sp³-hybridized carbons (Fsp3) is 0.438. The van der Waals surface area contributed by atoms with Gasteiger partial charge in [-0.25, -0.2) is 4.79 Å². The molecule has 0 aliphatic carbocycles. The molecule has 1 saturated heterocycles. The number of aromatic nitrogens is 2. The number of nitrogens with zero attached hydrogens (tertiary/aromatic N) is 3. The topological polar surface area (TPSA) is 70.2 Å². The molecule has 2 aromatic rings. The lowest BCUT2D eigenvalue weighted by Gasteiger charge is -2.29. The smallest absolute Gasteiger partial charge is 0.346 e. The molecule has 2 amide bonds. The maximum Gasteiger partial charge on any atom is 0.416 e. The number of amides is 2. The number of carbonyl (C=O) groups excluding carboxylic acids is 1. The Hall–Kier alpha value is -2.36. The molecule has 1 aliphatic rings. The van der Waals surface area contributed by atoms with Crippen molar-refractivity contribution in [2.24, 2.45) is 5.92 Å². The van der Waals surface area contributed by atoms with Crippen LogP contribution in [-0.2, 0) is 6.18 Å². The van der Waals surface area contributed by atoms with Gasteiger partial charge in [-0.3, -0.25) is 5.32 Å². The summed E-state index contributed by atoms with van der Waals surface area (Å²) in [4.78, 5) is 14.1. The molecule has 2 N–H and O–H groups in total. The molecule has 1 unspecified atom stereocenters. The summed E-state index contributed by atoms with van der Waals surface area (Å²) >= 11 is 1.24. The van der Waals surface area contributed by atoms with Crippen LogP contribution in [0.15, 0.2) is 24.3 Å². The Morgan fingerprint density at radius 1 is 1.31 bits per heavy atom. The molecule has 1 aromatic heterocycles. The van der Waals surface area contributed by atoms with E-state index < -0.39 is 17.8 Å². The van der Waals surface area contributed by atoms with E-state index in [9.17, 15) is 18.0 Å². The summed E-state index contributed by atoms with van der Waals surface area (Å²) in [6, 6.07) is 3.77. The number of carbonyl (C=O) groups is 1. The van der Waals surface area contributed by atoms with Gasteiger partial charge in [-0.2, -0.15) is 13.2 Å². The number of rotatable bonds is 3. The normalized spacial score (nSPS) is 17.8. The van der Waals surface area contributed by atoms with Gasteiger partial charge in [0.15, 0.2) is 0 Å². The number of urea groups is 1. The number of hydrogen-bond acceptors (Lipinski definition) is 5. The zero-order chi connectivity index (χ0) is 18.7. The maximum atomic E-state index is 12.7. The monoisotopic (exact) mass is 385 g/mol. The Morgan fingerprint density at radius 2 is 2.12 bits per heavy atom. The van der Waals surface area contributed by atoms with Gasteiger partial charge in [0.1, 0.15) is 0 Å². The van der Waals surface area contributed by atoms with Crippen molar-refractivity contribution in [1.82, 2.24) is 10.2 Å². The van der Waals surface area contributed by atoms with Crippen LogP contribution in [0.25, 0.3) is 0 Å². The van der Waals surface area contributed by atoms with Gasteiger partial charge in [0.25, 0.3) is 0 Å². The van der Waals surface area contributed by atoms with Crippen molar-refractivity contribution in [3.05, 3.63) is 29.8 Å². The van der Waals surface area contributed by atoms with E-state index >= 15 is 0 Å². The molecule has 0 bridgehead atoms. The molecule has 2 heterocycles. The molecule has 1 atom stereocenters. The highest BCUT2D eigenvalue weighted by atomic mass is 32.1. The van der Waals surface area contributed by atoms with Gasteiger partial charge in [0.05, 0.1) is 5.56 Å². The second-order valence-electron chi connectivity index (χ2n) is 6.24. The van der Waals surface area contributed by atoms with Crippen molar-refractivity contribution in [1.29, 1.82) is 0 Å². The van der Waals surface area contributed by atoms with E-state index in [1.54, 1.807) is 0 Å². The van der Waals surface area contributed by atoms with E-state index in [1.807, 2.05) is 0 Å². The van der Waals surface area contributed by atoms with E-state index in [0.717, 1.165) is 36.8 Å². The molecule has 6 nitrogen and oxygen atoms in total. The van der Waals surface area contributed by atoms with Crippen molar-refractivity contribution >= 4 is 33.3 Å². The summed E-state index contributed by atoms with van der Waals surface area (Å²) < 4.78 is 38.1. The van der Waals surface area contributed by atoms with Crippen LogP contribution in [0, 0.1) is 5.92 Å². The first-order valence-electron chi connectivity index (χ1n) is 8.15. The minimum Gasteiger partial charge on any atom is -0.346 e. The molecule has 140 valence electrons. The first-order chi connectivity index (χ1) is 12.3. The summed E-state index contributed by atoms with van der Waals surface area (Å²) in [6.07, 6.45) is -2.20. The van der Waals surface area contributed by atoms with Crippen LogP contribution in [0.4, 0.5) is 33.9 Å². The number of piperidine rings is 1. The number of halogens is 3. The lowest BCUT2D eigenvalue weighted by molar-refractivity contribution is -0.137. The standard InChI is InChI=1S/C16H18F3N5OS/c1-10-4-3-7-24(9-10)15-23-22-14(26-15)21-13(25)20-12-6-2-5-11(8-12)16(17,18)19/h2,5-6,8,10H,3-4,7,9H2,1H3,(H2,20,21,22,25). The highest BCUT2D eigenvalue weighted by Crippen LogP contribution is 2.31. The molecular formula is C16H18F3N5OS. The van der Waals surface area contributed by atoms with Crippen LogP contribution in [0.2, 0.25) is 0 Å². The van der Waals surface area contributed by atoms with Crippen LogP contribution in [0.3, 0.4) is 0 Å². The first kappa shape index (κ1) is 18.4. The van der Waals surface area contributed by atoms with Gasteiger partial charge in [0.2, 0.25) is 10.3 Å². The highest BCUT2D eigenvalue weighted by molar-refractivity contribution is 7.19. The Balaban J connectivity index is 1.60. The summed E-state index contributed by atoms with van der Waals surface area (Å²) in [5, 5.41) is 13.9. The third kappa shape index (κ3) is 4.63. The van der Waals surface area contributed by atoms with Crippen LogP contribution in [-0.4, -0.2) is 29.3 Å². The van der Waals surface area contributed by atoms with Gasteiger partial charge in [-0.15, -0.1) is 10.2 Å². The van der Waals surface area contributed by atoms with Crippen LogP contribution < -0.4 is 15.5 Å². The quantitative estimate of drug-likeness (QED) is 0.820. The van der Waals surface area contributed by atoms with E-state index in [4.69, 9.17) is 0 Å². The molecule has 3 rings (SSSR count). The van der Waals surface area contributed by atoms with Gasteiger partial charge >= 0.3 is 12.2 Å². The van der Waals surface area contributed by atoms with Crippen molar-refractivity contribution < 1.29 is 18.0 Å². The van der Waals surface area contributed by atoms with E-state index in [0.29, 0.717) is 11.0 Å². The van der Waals surface area contributed by atoms with Gasteiger partial charge in [-0.1, -0.05) is 24.3 Å². The average Bonchev–Trinajstić information content (AvgIpc) is 3.02.